The number of nitrogens with zero attached hydrogens (tertiary/aromatic N) is 1. The van der Waals surface area contributed by atoms with Crippen LogP contribution in [-0.4, -0.2) is 10.9 Å². The highest BCUT2D eigenvalue weighted by molar-refractivity contribution is 7.16. The Labute approximate surface area is 94.8 Å². The van der Waals surface area contributed by atoms with E-state index in [-0.39, 0.29) is 23.4 Å². The number of carbonyl (C=O) groups excluding carboxylic acids is 1. The first-order valence-electron chi connectivity index (χ1n) is 4.80. The van der Waals surface area contributed by atoms with E-state index in [0.717, 1.165) is 15.9 Å². The highest BCUT2D eigenvalue weighted by Crippen LogP contribution is 2.10. The number of hydrogen-bond donors (Lipinski definition) is 0. The molecule has 0 saturated heterocycles. The molecule has 0 amide bonds. The Hall–Kier alpha value is -1.75. The first-order chi connectivity index (χ1) is 7.74. The third-order valence-electron chi connectivity index (χ3n) is 2.25. The molecule has 1 aromatic heterocycles. The third kappa shape index (κ3) is 1.81. The molecule has 0 unspecified atom stereocenters. The van der Waals surface area contributed by atoms with Crippen molar-refractivity contribution in [3.8, 4) is 0 Å². The maximum atomic E-state index is 11.9. The molecular formula is C11H9NO3S. The number of benzene rings is 1. The van der Waals surface area contributed by atoms with Gasteiger partial charge < -0.3 is 4.79 Å². The summed E-state index contributed by atoms with van der Waals surface area (Å²) in [6, 6.07) is 6.97. The molecule has 5 heteroatoms. The Balaban J connectivity index is 2.71. The van der Waals surface area contributed by atoms with E-state index in [1.807, 2.05) is 0 Å². The smallest absolute Gasteiger partial charge is 0.303 e. The Morgan fingerprint density at radius 1 is 1.25 bits per heavy atom. The van der Waals surface area contributed by atoms with E-state index in [1.54, 1.807) is 24.3 Å². The zero-order chi connectivity index (χ0) is 11.5. The maximum absolute atomic E-state index is 11.9. The van der Waals surface area contributed by atoms with Crippen molar-refractivity contribution in [3.63, 3.8) is 0 Å². The molecule has 0 N–H and O–H groups in total. The van der Waals surface area contributed by atoms with Crippen molar-refractivity contribution in [2.45, 2.75) is 13.0 Å². The molecule has 0 spiro atoms. The molecule has 0 atom stereocenters. The molecule has 2 aromatic rings. The van der Waals surface area contributed by atoms with Crippen molar-refractivity contribution < 1.29 is 4.79 Å². The van der Waals surface area contributed by atoms with Crippen LogP contribution in [-0.2, 0) is 11.3 Å². The third-order valence-corrected chi connectivity index (χ3v) is 3.22. The van der Waals surface area contributed by atoms with Gasteiger partial charge in [-0.15, -0.1) is 0 Å². The van der Waals surface area contributed by atoms with Crippen molar-refractivity contribution in [1.82, 2.24) is 4.57 Å². The predicted molar refractivity (Wildman–Crippen MR) is 63.0 cm³/mol. The Bertz CT molecular complexity index is 641. The largest absolute Gasteiger partial charge is 0.310 e. The van der Waals surface area contributed by atoms with Gasteiger partial charge in [-0.2, -0.15) is 0 Å². The Kier molecular flexibility index (Phi) is 2.96. The van der Waals surface area contributed by atoms with Crippen LogP contribution >= 0.6 is 11.3 Å². The van der Waals surface area contributed by atoms with Gasteiger partial charge in [0.05, 0.1) is 5.39 Å². The fourth-order valence-corrected chi connectivity index (χ4v) is 2.37. The second kappa shape index (κ2) is 4.40. The lowest BCUT2D eigenvalue weighted by molar-refractivity contribution is -0.108. The van der Waals surface area contributed by atoms with E-state index in [4.69, 9.17) is 0 Å². The number of aldehydes is 1. The second-order valence-electron chi connectivity index (χ2n) is 3.28. The predicted octanol–water partition coefficient (Wildman–Crippen LogP) is 1.01. The fourth-order valence-electron chi connectivity index (χ4n) is 1.48. The molecule has 2 rings (SSSR count). The number of fused-ring (bicyclic) bond motifs is 1. The molecule has 0 aliphatic carbocycles. The first-order valence-corrected chi connectivity index (χ1v) is 5.62. The maximum Gasteiger partial charge on any atom is 0.310 e. The summed E-state index contributed by atoms with van der Waals surface area (Å²) in [6.07, 6.45) is 0.881. The summed E-state index contributed by atoms with van der Waals surface area (Å²) in [4.78, 5) is 33.5. The molecule has 0 fully saturated rings. The fraction of sp³-hybridized carbons (Fsp3) is 0.182. The van der Waals surface area contributed by atoms with Crippen molar-refractivity contribution in [2.75, 3.05) is 0 Å². The van der Waals surface area contributed by atoms with Gasteiger partial charge in [-0.05, 0) is 12.1 Å². The van der Waals surface area contributed by atoms with Gasteiger partial charge >= 0.3 is 4.87 Å². The zero-order valence-electron chi connectivity index (χ0n) is 8.38. The van der Waals surface area contributed by atoms with Crippen molar-refractivity contribution in [2.24, 2.45) is 0 Å². The van der Waals surface area contributed by atoms with Crippen molar-refractivity contribution in [3.05, 3.63) is 44.3 Å². The lowest BCUT2D eigenvalue weighted by Gasteiger charge is -2.02. The summed E-state index contributed by atoms with van der Waals surface area (Å²) in [5.41, 5.74) is -0.318. The minimum absolute atomic E-state index is 0.155. The van der Waals surface area contributed by atoms with E-state index in [9.17, 15) is 14.4 Å². The standard InChI is InChI=1S/C11H9NO3S/c13-7-3-6-12-10(14)8-4-1-2-5-9(8)16-11(12)15/h1-2,4-5,7H,3,6H2. The highest BCUT2D eigenvalue weighted by atomic mass is 32.1. The van der Waals surface area contributed by atoms with E-state index < -0.39 is 0 Å². The average molecular weight is 235 g/mol. The van der Waals surface area contributed by atoms with Gasteiger partial charge in [0.25, 0.3) is 5.56 Å². The van der Waals surface area contributed by atoms with Gasteiger partial charge in [-0.1, -0.05) is 23.5 Å². The van der Waals surface area contributed by atoms with Crippen LogP contribution in [0.4, 0.5) is 0 Å². The topological polar surface area (TPSA) is 56.1 Å². The average Bonchev–Trinajstić information content (AvgIpc) is 2.29. The number of rotatable bonds is 3. The molecular weight excluding hydrogens is 226 g/mol. The molecule has 1 aromatic carbocycles. The quantitative estimate of drug-likeness (QED) is 0.746. The summed E-state index contributed by atoms with van der Waals surface area (Å²) in [5.74, 6) is 0. The molecule has 4 nitrogen and oxygen atoms in total. The van der Waals surface area contributed by atoms with Gasteiger partial charge in [0, 0.05) is 17.7 Å². The minimum Gasteiger partial charge on any atom is -0.303 e. The Morgan fingerprint density at radius 2 is 2.00 bits per heavy atom. The molecule has 1 heterocycles. The lowest BCUT2D eigenvalue weighted by Crippen LogP contribution is -2.31. The number of carbonyl (C=O) groups is 1. The second-order valence-corrected chi connectivity index (χ2v) is 4.27. The van der Waals surface area contributed by atoms with Gasteiger partial charge in [0.1, 0.15) is 6.29 Å². The lowest BCUT2D eigenvalue weighted by atomic mass is 10.3. The minimum atomic E-state index is -0.318. The van der Waals surface area contributed by atoms with E-state index in [1.165, 1.54) is 0 Å². The summed E-state index contributed by atoms with van der Waals surface area (Å²) >= 11 is 1.02. The summed E-state index contributed by atoms with van der Waals surface area (Å²) in [6.45, 7) is 0.155. The van der Waals surface area contributed by atoms with Crippen LogP contribution in [0.25, 0.3) is 10.1 Å². The van der Waals surface area contributed by atoms with Crippen LogP contribution in [0.1, 0.15) is 6.42 Å². The normalized spacial score (nSPS) is 10.5. The van der Waals surface area contributed by atoms with Crippen LogP contribution in [0.3, 0.4) is 0 Å². The zero-order valence-corrected chi connectivity index (χ0v) is 9.20. The Morgan fingerprint density at radius 3 is 2.75 bits per heavy atom. The number of aromatic nitrogens is 1. The molecule has 0 aliphatic heterocycles. The molecule has 0 saturated carbocycles. The molecule has 0 radical (unpaired) electrons. The van der Waals surface area contributed by atoms with Crippen LogP contribution in [0.5, 0.6) is 0 Å². The van der Waals surface area contributed by atoms with Crippen LogP contribution in [0, 0.1) is 0 Å². The van der Waals surface area contributed by atoms with Crippen molar-refractivity contribution in [1.29, 1.82) is 0 Å². The molecule has 0 aliphatic rings. The van der Waals surface area contributed by atoms with Crippen LogP contribution in [0.15, 0.2) is 33.9 Å². The summed E-state index contributed by atoms with van der Waals surface area (Å²) in [5, 5.41) is 0.526. The van der Waals surface area contributed by atoms with Gasteiger partial charge in [0.2, 0.25) is 0 Å². The summed E-state index contributed by atoms with van der Waals surface area (Å²) < 4.78 is 1.79. The highest BCUT2D eigenvalue weighted by Gasteiger charge is 2.06. The molecule has 0 bridgehead atoms. The van der Waals surface area contributed by atoms with Crippen molar-refractivity contribution >= 4 is 27.7 Å². The van der Waals surface area contributed by atoms with E-state index in [2.05, 4.69) is 0 Å². The van der Waals surface area contributed by atoms with Crippen LogP contribution < -0.4 is 10.4 Å². The van der Waals surface area contributed by atoms with Gasteiger partial charge in [0.15, 0.2) is 0 Å². The molecule has 82 valence electrons. The molecule has 16 heavy (non-hydrogen) atoms. The van der Waals surface area contributed by atoms with E-state index in [0.29, 0.717) is 16.4 Å². The number of hydrogen-bond acceptors (Lipinski definition) is 4. The van der Waals surface area contributed by atoms with Gasteiger partial charge in [-0.3, -0.25) is 14.2 Å². The monoisotopic (exact) mass is 235 g/mol. The van der Waals surface area contributed by atoms with E-state index >= 15 is 0 Å². The first kappa shape index (κ1) is 10.8. The summed E-state index contributed by atoms with van der Waals surface area (Å²) in [7, 11) is 0. The van der Waals surface area contributed by atoms with Gasteiger partial charge in [-0.25, -0.2) is 0 Å². The van der Waals surface area contributed by atoms with Crippen LogP contribution in [0.2, 0.25) is 0 Å². The SMILES string of the molecule is O=CCCn1c(=O)sc2ccccc2c1=O.